The van der Waals surface area contributed by atoms with Gasteiger partial charge < -0.3 is 5.32 Å². The molecule has 142 valence electrons. The third-order valence-electron chi connectivity index (χ3n) is 5.31. The molecule has 0 radical (unpaired) electrons. The molecule has 1 aliphatic carbocycles. The van der Waals surface area contributed by atoms with Crippen molar-refractivity contribution in [3.05, 3.63) is 107 Å². The molecule has 2 aromatic heterocycles. The van der Waals surface area contributed by atoms with E-state index in [1.165, 1.54) is 17.7 Å². The number of anilines is 1. The first-order valence-electron chi connectivity index (χ1n) is 9.62. The summed E-state index contributed by atoms with van der Waals surface area (Å²) in [5.41, 5.74) is 6.40. The van der Waals surface area contributed by atoms with Gasteiger partial charge in [-0.25, -0.2) is 14.4 Å². The van der Waals surface area contributed by atoms with Crippen molar-refractivity contribution in [2.75, 3.05) is 5.32 Å². The monoisotopic (exact) mass is 382 g/mol. The number of nitrogens with one attached hydrogen (secondary N) is 1. The predicted octanol–water partition coefficient (Wildman–Crippen LogP) is 4.98. The minimum absolute atomic E-state index is 0.162. The lowest BCUT2D eigenvalue weighted by atomic mass is 9.78. The van der Waals surface area contributed by atoms with E-state index in [2.05, 4.69) is 27.4 Å². The second kappa shape index (κ2) is 7.43. The molecule has 4 nitrogen and oxygen atoms in total. The van der Waals surface area contributed by atoms with Gasteiger partial charge in [0.1, 0.15) is 5.82 Å². The number of halogens is 1. The number of fused-ring (bicyclic) bond motifs is 3. The van der Waals surface area contributed by atoms with Gasteiger partial charge in [0.15, 0.2) is 0 Å². The van der Waals surface area contributed by atoms with E-state index in [9.17, 15) is 4.39 Å². The van der Waals surface area contributed by atoms with Crippen LogP contribution in [0.2, 0.25) is 0 Å². The number of rotatable bonds is 4. The largest absolute Gasteiger partial charge is 0.349 e. The number of hydrogen-bond acceptors (Lipinski definition) is 4. The molecular formula is C24H19FN4. The van der Waals surface area contributed by atoms with Crippen LogP contribution in [0, 0.1) is 5.82 Å². The quantitative estimate of drug-likeness (QED) is 0.541. The molecular weight excluding hydrogens is 363 g/mol. The van der Waals surface area contributed by atoms with E-state index in [4.69, 9.17) is 4.98 Å². The van der Waals surface area contributed by atoms with Crippen molar-refractivity contribution >= 4 is 5.95 Å². The summed E-state index contributed by atoms with van der Waals surface area (Å²) in [6, 6.07) is 20.9. The molecule has 2 aromatic carbocycles. The number of nitrogens with zero attached hydrogens (tertiary/aromatic N) is 3. The molecule has 0 saturated heterocycles. The summed E-state index contributed by atoms with van der Waals surface area (Å²) in [4.78, 5) is 13.6. The summed E-state index contributed by atoms with van der Waals surface area (Å²) < 4.78 is 13.4. The van der Waals surface area contributed by atoms with Crippen molar-refractivity contribution in [1.29, 1.82) is 0 Å². The fourth-order valence-electron chi connectivity index (χ4n) is 3.89. The Kier molecular flexibility index (Phi) is 4.48. The lowest BCUT2D eigenvalue weighted by molar-refractivity contribution is 0.626. The molecule has 0 saturated carbocycles. The summed E-state index contributed by atoms with van der Waals surface area (Å²) in [6.45, 7) is 0.569. The molecule has 5 rings (SSSR count). The van der Waals surface area contributed by atoms with Gasteiger partial charge in [-0.1, -0.05) is 42.5 Å². The molecule has 0 fully saturated rings. The fraction of sp³-hybridized carbons (Fsp3) is 0.125. The van der Waals surface area contributed by atoms with Crippen LogP contribution < -0.4 is 5.32 Å². The minimum Gasteiger partial charge on any atom is -0.349 e. The van der Waals surface area contributed by atoms with Crippen LogP contribution in [0.4, 0.5) is 10.3 Å². The number of pyridine rings is 1. The summed E-state index contributed by atoms with van der Waals surface area (Å²) in [5, 5.41) is 3.26. The zero-order valence-corrected chi connectivity index (χ0v) is 15.7. The van der Waals surface area contributed by atoms with E-state index in [1.807, 2.05) is 48.7 Å². The highest BCUT2D eigenvalue weighted by Crippen LogP contribution is 2.41. The van der Waals surface area contributed by atoms with Crippen molar-refractivity contribution < 1.29 is 4.39 Å². The predicted molar refractivity (Wildman–Crippen MR) is 111 cm³/mol. The molecule has 1 atom stereocenters. The molecule has 1 unspecified atom stereocenters. The third-order valence-corrected chi connectivity index (χ3v) is 5.31. The van der Waals surface area contributed by atoms with E-state index in [1.54, 1.807) is 6.20 Å². The second-order valence-corrected chi connectivity index (χ2v) is 7.14. The van der Waals surface area contributed by atoms with Gasteiger partial charge in [0.25, 0.3) is 0 Å². The van der Waals surface area contributed by atoms with Gasteiger partial charge in [0.2, 0.25) is 5.95 Å². The highest BCUT2D eigenvalue weighted by Gasteiger charge is 2.27. The SMILES string of the molecule is Fc1ccc(C2Cc3cnc(NCc4ccccn4)nc3-c3ccccc32)cc1. The molecule has 0 bridgehead atoms. The van der Waals surface area contributed by atoms with E-state index in [-0.39, 0.29) is 11.7 Å². The van der Waals surface area contributed by atoms with Crippen LogP contribution in [0.3, 0.4) is 0 Å². The second-order valence-electron chi connectivity index (χ2n) is 7.14. The van der Waals surface area contributed by atoms with E-state index >= 15 is 0 Å². The van der Waals surface area contributed by atoms with E-state index in [0.29, 0.717) is 12.5 Å². The standard InChI is InChI=1S/C24H19FN4/c25-18-10-8-16(9-11-18)22-13-17-14-27-24(28-15-19-5-3-4-12-26-19)29-23(17)21-7-2-1-6-20(21)22/h1-12,14,22H,13,15H2,(H,27,28,29). The van der Waals surface area contributed by atoms with Gasteiger partial charge in [-0.15, -0.1) is 0 Å². The Balaban J connectivity index is 1.48. The minimum atomic E-state index is -0.217. The maximum atomic E-state index is 13.4. The van der Waals surface area contributed by atoms with Gasteiger partial charge in [-0.2, -0.15) is 0 Å². The van der Waals surface area contributed by atoms with Crippen LogP contribution in [-0.2, 0) is 13.0 Å². The van der Waals surface area contributed by atoms with Gasteiger partial charge >= 0.3 is 0 Å². The molecule has 0 spiro atoms. The highest BCUT2D eigenvalue weighted by atomic mass is 19.1. The van der Waals surface area contributed by atoms with Crippen molar-refractivity contribution in [1.82, 2.24) is 15.0 Å². The zero-order valence-electron chi connectivity index (χ0n) is 15.7. The first-order chi connectivity index (χ1) is 14.3. The van der Waals surface area contributed by atoms with Gasteiger partial charge in [0.05, 0.1) is 17.9 Å². The topological polar surface area (TPSA) is 50.7 Å². The Morgan fingerprint density at radius 2 is 1.76 bits per heavy atom. The Bertz CT molecular complexity index is 1140. The van der Waals surface area contributed by atoms with Crippen LogP contribution in [0.15, 0.2) is 79.1 Å². The Morgan fingerprint density at radius 1 is 0.931 bits per heavy atom. The summed E-state index contributed by atoms with van der Waals surface area (Å²) in [7, 11) is 0. The lowest BCUT2D eigenvalue weighted by Crippen LogP contribution is -2.15. The maximum absolute atomic E-state index is 13.4. The van der Waals surface area contributed by atoms with Gasteiger partial charge in [-0.05, 0) is 47.4 Å². The average Bonchev–Trinajstić information content (AvgIpc) is 2.78. The van der Waals surface area contributed by atoms with Crippen LogP contribution in [-0.4, -0.2) is 15.0 Å². The normalized spacial score (nSPS) is 14.7. The van der Waals surface area contributed by atoms with Crippen molar-refractivity contribution in [3.63, 3.8) is 0 Å². The van der Waals surface area contributed by atoms with Crippen LogP contribution in [0.5, 0.6) is 0 Å². The van der Waals surface area contributed by atoms with Gasteiger partial charge in [-0.3, -0.25) is 4.98 Å². The molecule has 1 N–H and O–H groups in total. The Morgan fingerprint density at radius 3 is 2.59 bits per heavy atom. The molecule has 0 amide bonds. The lowest BCUT2D eigenvalue weighted by Gasteiger charge is -2.27. The fourth-order valence-corrected chi connectivity index (χ4v) is 3.89. The third kappa shape index (κ3) is 3.47. The van der Waals surface area contributed by atoms with Crippen molar-refractivity contribution in [2.45, 2.75) is 18.9 Å². The summed E-state index contributed by atoms with van der Waals surface area (Å²) in [6.07, 6.45) is 4.46. The highest BCUT2D eigenvalue weighted by molar-refractivity contribution is 5.72. The number of hydrogen-bond donors (Lipinski definition) is 1. The maximum Gasteiger partial charge on any atom is 0.223 e. The number of benzene rings is 2. The first-order valence-corrected chi connectivity index (χ1v) is 9.62. The van der Waals surface area contributed by atoms with Crippen LogP contribution in [0.25, 0.3) is 11.3 Å². The van der Waals surface area contributed by atoms with E-state index < -0.39 is 0 Å². The van der Waals surface area contributed by atoms with Gasteiger partial charge in [0, 0.05) is 23.9 Å². The summed E-state index contributed by atoms with van der Waals surface area (Å²) in [5.74, 6) is 0.532. The molecule has 2 heterocycles. The molecule has 0 aliphatic heterocycles. The number of aromatic nitrogens is 3. The molecule has 4 aromatic rings. The van der Waals surface area contributed by atoms with Crippen LogP contribution >= 0.6 is 0 Å². The smallest absolute Gasteiger partial charge is 0.223 e. The zero-order chi connectivity index (χ0) is 19.6. The molecule has 1 aliphatic rings. The van der Waals surface area contributed by atoms with Crippen LogP contribution in [0.1, 0.15) is 28.3 Å². The Hall–Kier alpha value is -3.60. The van der Waals surface area contributed by atoms with Crippen molar-refractivity contribution in [2.24, 2.45) is 0 Å². The van der Waals surface area contributed by atoms with Crippen molar-refractivity contribution in [3.8, 4) is 11.3 Å². The summed E-state index contributed by atoms with van der Waals surface area (Å²) >= 11 is 0. The first kappa shape index (κ1) is 17.5. The average molecular weight is 382 g/mol. The molecule has 5 heteroatoms. The van der Waals surface area contributed by atoms with E-state index in [0.717, 1.165) is 34.5 Å². The molecule has 29 heavy (non-hydrogen) atoms. The Labute approximate surface area is 168 Å².